The SMILES string of the molecule is C/C=C\C(=C/C1C(C)CC1B(O)O)S(=O)(=O)OCC(C)C. The van der Waals surface area contributed by atoms with E-state index in [0.717, 1.165) is 0 Å². The molecule has 1 fully saturated rings. The molecule has 1 saturated carbocycles. The highest BCUT2D eigenvalue weighted by Gasteiger charge is 2.44. The summed E-state index contributed by atoms with van der Waals surface area (Å²) in [6.45, 7) is 7.58. The lowest BCUT2D eigenvalue weighted by molar-refractivity contribution is 0.205. The van der Waals surface area contributed by atoms with Crippen LogP contribution in [0.4, 0.5) is 0 Å². The molecule has 0 spiro atoms. The van der Waals surface area contributed by atoms with E-state index in [9.17, 15) is 18.5 Å². The second kappa shape index (κ2) is 7.58. The zero-order valence-corrected chi connectivity index (χ0v) is 13.9. The lowest BCUT2D eigenvalue weighted by atomic mass is 9.50. The number of hydrogen-bond donors (Lipinski definition) is 2. The number of rotatable bonds is 7. The van der Waals surface area contributed by atoms with Crippen LogP contribution in [0.25, 0.3) is 0 Å². The Morgan fingerprint density at radius 1 is 1.43 bits per heavy atom. The monoisotopic (exact) mass is 316 g/mol. The molecule has 0 heterocycles. The van der Waals surface area contributed by atoms with E-state index < -0.39 is 17.2 Å². The fourth-order valence-electron chi connectivity index (χ4n) is 2.45. The van der Waals surface area contributed by atoms with Crippen molar-refractivity contribution < 1.29 is 22.6 Å². The third kappa shape index (κ3) is 4.95. The quantitative estimate of drug-likeness (QED) is 0.426. The molecule has 21 heavy (non-hydrogen) atoms. The summed E-state index contributed by atoms with van der Waals surface area (Å²) >= 11 is 0. The highest BCUT2D eigenvalue weighted by Crippen LogP contribution is 2.47. The predicted octanol–water partition coefficient (Wildman–Crippen LogP) is 1.95. The van der Waals surface area contributed by atoms with Gasteiger partial charge in [-0.25, -0.2) is 0 Å². The Morgan fingerprint density at radius 3 is 2.48 bits per heavy atom. The van der Waals surface area contributed by atoms with Gasteiger partial charge in [0.1, 0.15) is 0 Å². The zero-order chi connectivity index (χ0) is 16.2. The normalized spacial score (nSPS) is 27.2. The van der Waals surface area contributed by atoms with Gasteiger partial charge in [-0.05, 0) is 37.2 Å². The second-order valence-electron chi connectivity index (χ2n) is 6.07. The first kappa shape index (κ1) is 18.4. The molecule has 0 aromatic carbocycles. The molecular weight excluding hydrogens is 291 g/mol. The van der Waals surface area contributed by atoms with E-state index in [-0.39, 0.29) is 35.1 Å². The molecule has 1 aliphatic rings. The summed E-state index contributed by atoms with van der Waals surface area (Å²) in [5, 5.41) is 18.6. The minimum atomic E-state index is -3.81. The van der Waals surface area contributed by atoms with Crippen LogP contribution in [0.5, 0.6) is 0 Å². The van der Waals surface area contributed by atoms with Crippen molar-refractivity contribution in [3.63, 3.8) is 0 Å². The van der Waals surface area contributed by atoms with Gasteiger partial charge >= 0.3 is 7.12 Å². The van der Waals surface area contributed by atoms with Crippen LogP contribution in [-0.2, 0) is 14.3 Å². The Hall–Kier alpha value is -0.625. The molecule has 0 aromatic heterocycles. The summed E-state index contributed by atoms with van der Waals surface area (Å²) in [7, 11) is -5.23. The van der Waals surface area contributed by atoms with E-state index in [1.165, 1.54) is 6.08 Å². The predicted molar refractivity (Wildman–Crippen MR) is 83.8 cm³/mol. The van der Waals surface area contributed by atoms with Gasteiger partial charge in [-0.1, -0.05) is 32.9 Å². The first-order chi connectivity index (χ1) is 9.69. The maximum atomic E-state index is 12.2. The Labute approximate surface area is 128 Å². The summed E-state index contributed by atoms with van der Waals surface area (Å²) in [4.78, 5) is 0.0906. The van der Waals surface area contributed by atoms with Gasteiger partial charge < -0.3 is 10.0 Å². The van der Waals surface area contributed by atoms with Gasteiger partial charge in [0.05, 0.1) is 11.5 Å². The molecule has 120 valence electrons. The first-order valence-electron chi connectivity index (χ1n) is 7.29. The van der Waals surface area contributed by atoms with Crippen molar-refractivity contribution in [2.24, 2.45) is 17.8 Å². The van der Waals surface area contributed by atoms with Crippen molar-refractivity contribution in [1.29, 1.82) is 0 Å². The standard InChI is InChI=1S/C14H25BO5S/c1-5-6-12(21(18,19)20-9-10(2)3)8-13-11(4)7-14(13)15(16)17/h5-6,8,10-11,13-14,16-17H,7,9H2,1-4H3/b6-5-,12-8+. The summed E-state index contributed by atoms with van der Waals surface area (Å²) in [6.07, 6.45) is 5.39. The van der Waals surface area contributed by atoms with Crippen LogP contribution >= 0.6 is 0 Å². The molecule has 0 amide bonds. The molecule has 5 nitrogen and oxygen atoms in total. The van der Waals surface area contributed by atoms with Crippen molar-refractivity contribution in [3.8, 4) is 0 Å². The Balaban J connectivity index is 2.98. The average Bonchev–Trinajstić information content (AvgIpc) is 2.37. The number of allylic oxidation sites excluding steroid dienone is 3. The molecule has 0 radical (unpaired) electrons. The summed E-state index contributed by atoms with van der Waals surface area (Å²) in [5.41, 5.74) is 0. The van der Waals surface area contributed by atoms with Crippen LogP contribution in [-0.4, -0.2) is 32.2 Å². The minimum Gasteiger partial charge on any atom is -0.427 e. The summed E-state index contributed by atoms with van der Waals surface area (Å²) < 4.78 is 29.5. The van der Waals surface area contributed by atoms with E-state index in [2.05, 4.69) is 0 Å². The van der Waals surface area contributed by atoms with Crippen LogP contribution in [0.3, 0.4) is 0 Å². The molecule has 3 atom stereocenters. The lowest BCUT2D eigenvalue weighted by Crippen LogP contribution is -2.39. The lowest BCUT2D eigenvalue weighted by Gasteiger charge is -2.41. The van der Waals surface area contributed by atoms with Gasteiger partial charge in [0, 0.05) is 5.82 Å². The van der Waals surface area contributed by atoms with Gasteiger partial charge in [-0.15, -0.1) is 0 Å². The Bertz CT molecular complexity index is 495. The summed E-state index contributed by atoms with van der Waals surface area (Å²) in [5.74, 6) is -0.159. The molecule has 0 bridgehead atoms. The van der Waals surface area contributed by atoms with Crippen molar-refractivity contribution in [3.05, 3.63) is 23.1 Å². The molecule has 7 heteroatoms. The van der Waals surface area contributed by atoms with Crippen LogP contribution < -0.4 is 0 Å². The largest absolute Gasteiger partial charge is 0.455 e. The molecule has 0 aromatic rings. The molecule has 1 rings (SSSR count). The van der Waals surface area contributed by atoms with Crippen LogP contribution in [0, 0.1) is 17.8 Å². The smallest absolute Gasteiger partial charge is 0.427 e. The minimum absolute atomic E-state index is 0.0906. The van der Waals surface area contributed by atoms with Crippen molar-refractivity contribution >= 4 is 17.2 Å². The maximum absolute atomic E-state index is 12.2. The van der Waals surface area contributed by atoms with Crippen molar-refractivity contribution in [1.82, 2.24) is 0 Å². The van der Waals surface area contributed by atoms with Gasteiger partial charge in [-0.3, -0.25) is 4.18 Å². The van der Waals surface area contributed by atoms with E-state index in [1.54, 1.807) is 19.1 Å². The molecule has 1 aliphatic carbocycles. The van der Waals surface area contributed by atoms with Gasteiger partial charge in [0.15, 0.2) is 0 Å². The zero-order valence-electron chi connectivity index (χ0n) is 13.1. The highest BCUT2D eigenvalue weighted by molar-refractivity contribution is 7.90. The second-order valence-corrected chi connectivity index (χ2v) is 7.68. The van der Waals surface area contributed by atoms with E-state index >= 15 is 0 Å². The molecule has 3 unspecified atom stereocenters. The molecule has 0 saturated heterocycles. The third-order valence-electron chi connectivity index (χ3n) is 3.71. The van der Waals surface area contributed by atoms with E-state index in [1.807, 2.05) is 20.8 Å². The van der Waals surface area contributed by atoms with Crippen LogP contribution in [0.15, 0.2) is 23.1 Å². The Kier molecular flexibility index (Phi) is 6.65. The fraction of sp³-hybridized carbons (Fsp3) is 0.714. The topological polar surface area (TPSA) is 83.8 Å². The van der Waals surface area contributed by atoms with Crippen LogP contribution in [0.1, 0.15) is 34.1 Å². The van der Waals surface area contributed by atoms with Gasteiger partial charge in [-0.2, -0.15) is 8.42 Å². The fourth-order valence-corrected chi connectivity index (χ4v) is 3.66. The third-order valence-corrected chi connectivity index (χ3v) is 5.01. The first-order valence-corrected chi connectivity index (χ1v) is 8.70. The maximum Gasteiger partial charge on any atom is 0.455 e. The van der Waals surface area contributed by atoms with Crippen molar-refractivity contribution in [2.75, 3.05) is 6.61 Å². The van der Waals surface area contributed by atoms with Crippen molar-refractivity contribution in [2.45, 2.75) is 39.9 Å². The van der Waals surface area contributed by atoms with Gasteiger partial charge in [0.25, 0.3) is 10.1 Å². The summed E-state index contributed by atoms with van der Waals surface area (Å²) in [6, 6.07) is 0. The molecular formula is C14H25BO5S. The number of hydrogen-bond acceptors (Lipinski definition) is 5. The Morgan fingerprint density at radius 2 is 2.05 bits per heavy atom. The average molecular weight is 316 g/mol. The molecule has 0 aliphatic heterocycles. The van der Waals surface area contributed by atoms with Gasteiger partial charge in [0.2, 0.25) is 0 Å². The van der Waals surface area contributed by atoms with E-state index in [0.29, 0.717) is 6.42 Å². The highest BCUT2D eigenvalue weighted by atomic mass is 32.2. The van der Waals surface area contributed by atoms with E-state index in [4.69, 9.17) is 4.18 Å². The molecule has 2 N–H and O–H groups in total. The van der Waals surface area contributed by atoms with Crippen LogP contribution in [0.2, 0.25) is 5.82 Å².